The van der Waals surface area contributed by atoms with E-state index in [-0.39, 0.29) is 6.10 Å². The molecule has 2 fully saturated rings. The molecule has 2 aliphatic rings. The molecule has 0 radical (unpaired) electrons. The summed E-state index contributed by atoms with van der Waals surface area (Å²) in [6.07, 6.45) is 1.93. The number of hydrogen-bond donors (Lipinski definition) is 1. The highest BCUT2D eigenvalue weighted by molar-refractivity contribution is 7.99. The Labute approximate surface area is 100 Å². The fraction of sp³-hybridized carbons (Fsp3) is 0.909. The minimum atomic E-state index is -0.659. The maximum Gasteiger partial charge on any atom is 0.324 e. The number of nitrogens with zero attached hydrogens (tertiary/aromatic N) is 1. The van der Waals surface area contributed by atoms with E-state index in [1.807, 2.05) is 6.92 Å². The summed E-state index contributed by atoms with van der Waals surface area (Å²) in [6.45, 7) is 4.16. The predicted molar refractivity (Wildman–Crippen MR) is 63.9 cm³/mol. The Morgan fingerprint density at radius 2 is 2.44 bits per heavy atom. The largest absolute Gasteiger partial charge is 0.480 e. The molecule has 2 saturated heterocycles. The molecule has 0 bridgehead atoms. The molecular formula is C11H19NO3S. The van der Waals surface area contributed by atoms with Gasteiger partial charge in [0, 0.05) is 18.8 Å². The Morgan fingerprint density at radius 3 is 3.00 bits per heavy atom. The van der Waals surface area contributed by atoms with Gasteiger partial charge in [-0.3, -0.25) is 9.69 Å². The van der Waals surface area contributed by atoms with Gasteiger partial charge < -0.3 is 9.84 Å². The summed E-state index contributed by atoms with van der Waals surface area (Å²) in [5.41, 5.74) is -0.638. The molecule has 16 heavy (non-hydrogen) atoms. The van der Waals surface area contributed by atoms with Crippen LogP contribution in [0.3, 0.4) is 0 Å². The number of carboxylic acids is 1. The van der Waals surface area contributed by atoms with Gasteiger partial charge in [-0.05, 0) is 25.5 Å². The normalized spacial score (nSPS) is 37.2. The Morgan fingerprint density at radius 1 is 1.62 bits per heavy atom. The van der Waals surface area contributed by atoms with Crippen LogP contribution in [0.1, 0.15) is 19.8 Å². The third-order valence-electron chi connectivity index (χ3n) is 3.46. The molecule has 0 amide bonds. The lowest BCUT2D eigenvalue weighted by atomic mass is 9.92. The average molecular weight is 245 g/mol. The Bertz CT molecular complexity index is 266. The van der Waals surface area contributed by atoms with E-state index in [2.05, 4.69) is 4.90 Å². The van der Waals surface area contributed by atoms with Crippen LogP contribution in [0.2, 0.25) is 0 Å². The average Bonchev–Trinajstić information content (AvgIpc) is 2.30. The summed E-state index contributed by atoms with van der Waals surface area (Å²) in [4.78, 5) is 13.7. The van der Waals surface area contributed by atoms with Crippen LogP contribution in [0.4, 0.5) is 0 Å². The van der Waals surface area contributed by atoms with E-state index < -0.39 is 11.5 Å². The molecule has 2 unspecified atom stereocenters. The van der Waals surface area contributed by atoms with Crippen LogP contribution in [0.25, 0.3) is 0 Å². The molecule has 2 atom stereocenters. The summed E-state index contributed by atoms with van der Waals surface area (Å²) in [7, 11) is 0. The van der Waals surface area contributed by atoms with Crippen LogP contribution in [-0.2, 0) is 9.53 Å². The third-order valence-corrected chi connectivity index (χ3v) is 4.72. The predicted octanol–water partition coefficient (Wildman–Crippen LogP) is 1.06. The zero-order chi connectivity index (χ0) is 11.6. The fourth-order valence-electron chi connectivity index (χ4n) is 2.54. The minimum Gasteiger partial charge on any atom is -0.480 e. The van der Waals surface area contributed by atoms with Gasteiger partial charge in [0.25, 0.3) is 0 Å². The van der Waals surface area contributed by atoms with E-state index >= 15 is 0 Å². The van der Waals surface area contributed by atoms with Crippen LogP contribution in [0.15, 0.2) is 0 Å². The van der Waals surface area contributed by atoms with E-state index in [9.17, 15) is 9.90 Å². The van der Waals surface area contributed by atoms with Gasteiger partial charge in [-0.15, -0.1) is 0 Å². The van der Waals surface area contributed by atoms with Gasteiger partial charge >= 0.3 is 5.97 Å². The van der Waals surface area contributed by atoms with E-state index in [4.69, 9.17) is 4.74 Å². The van der Waals surface area contributed by atoms with E-state index in [0.717, 1.165) is 37.4 Å². The summed E-state index contributed by atoms with van der Waals surface area (Å²) in [6, 6.07) is 0. The van der Waals surface area contributed by atoms with Crippen molar-refractivity contribution in [2.75, 3.05) is 31.2 Å². The lowest BCUT2D eigenvalue weighted by molar-refractivity contribution is -0.156. The van der Waals surface area contributed by atoms with Gasteiger partial charge in [-0.1, -0.05) is 0 Å². The topological polar surface area (TPSA) is 49.8 Å². The number of ether oxygens (including phenoxy) is 1. The van der Waals surface area contributed by atoms with Crippen molar-refractivity contribution >= 4 is 17.7 Å². The van der Waals surface area contributed by atoms with Crippen molar-refractivity contribution in [2.24, 2.45) is 0 Å². The zero-order valence-corrected chi connectivity index (χ0v) is 10.5. The van der Waals surface area contributed by atoms with Crippen molar-refractivity contribution in [3.63, 3.8) is 0 Å². The first kappa shape index (κ1) is 12.2. The molecule has 4 nitrogen and oxygen atoms in total. The highest BCUT2D eigenvalue weighted by atomic mass is 32.2. The molecule has 0 aromatic carbocycles. The Balaban J connectivity index is 2.14. The number of carbonyl (C=O) groups is 1. The Kier molecular flexibility index (Phi) is 3.77. The second-order valence-corrected chi connectivity index (χ2v) is 5.73. The van der Waals surface area contributed by atoms with Crippen LogP contribution >= 0.6 is 11.8 Å². The molecule has 0 spiro atoms. The third kappa shape index (κ3) is 2.21. The maximum atomic E-state index is 11.6. The summed E-state index contributed by atoms with van der Waals surface area (Å²) in [5, 5.41) is 9.53. The standard InChI is InChI=1S/C11H19NO3S/c1-9-7-12(4-5-15-9)11(10(13)14)3-2-6-16-8-11/h9H,2-8H2,1H3,(H,13,14). The number of carboxylic acid groups (broad SMARTS) is 1. The van der Waals surface area contributed by atoms with Crippen molar-refractivity contribution < 1.29 is 14.6 Å². The smallest absolute Gasteiger partial charge is 0.324 e. The molecule has 5 heteroatoms. The number of morpholine rings is 1. The zero-order valence-electron chi connectivity index (χ0n) is 9.65. The fourth-order valence-corrected chi connectivity index (χ4v) is 3.82. The van der Waals surface area contributed by atoms with Gasteiger partial charge in [-0.2, -0.15) is 11.8 Å². The minimum absolute atomic E-state index is 0.150. The molecule has 92 valence electrons. The SMILES string of the molecule is CC1CN(C2(C(=O)O)CCCSC2)CCO1. The van der Waals surface area contributed by atoms with E-state index in [1.165, 1.54) is 0 Å². The number of thioether (sulfide) groups is 1. The van der Waals surface area contributed by atoms with Gasteiger partial charge in [0.05, 0.1) is 12.7 Å². The van der Waals surface area contributed by atoms with Crippen molar-refractivity contribution in [2.45, 2.75) is 31.4 Å². The number of hydrogen-bond acceptors (Lipinski definition) is 4. The highest BCUT2D eigenvalue weighted by Gasteiger charge is 2.46. The highest BCUT2D eigenvalue weighted by Crippen LogP contribution is 2.33. The summed E-state index contributed by atoms with van der Waals surface area (Å²) >= 11 is 1.76. The number of rotatable bonds is 2. The van der Waals surface area contributed by atoms with Gasteiger partial charge in [0.2, 0.25) is 0 Å². The number of aliphatic carboxylic acids is 1. The monoisotopic (exact) mass is 245 g/mol. The van der Waals surface area contributed by atoms with Gasteiger partial charge in [-0.25, -0.2) is 0 Å². The first-order chi connectivity index (χ1) is 7.65. The maximum absolute atomic E-state index is 11.6. The molecule has 2 heterocycles. The molecule has 0 aromatic heterocycles. The van der Waals surface area contributed by atoms with Crippen LogP contribution in [0, 0.1) is 0 Å². The lowest BCUT2D eigenvalue weighted by Crippen LogP contribution is -2.62. The van der Waals surface area contributed by atoms with Crippen LogP contribution in [0.5, 0.6) is 0 Å². The quantitative estimate of drug-likeness (QED) is 0.788. The van der Waals surface area contributed by atoms with E-state index in [0.29, 0.717) is 6.61 Å². The van der Waals surface area contributed by atoms with E-state index in [1.54, 1.807) is 11.8 Å². The van der Waals surface area contributed by atoms with Gasteiger partial charge in [0.15, 0.2) is 0 Å². The van der Waals surface area contributed by atoms with Gasteiger partial charge in [0.1, 0.15) is 5.54 Å². The molecule has 0 aliphatic carbocycles. The Hall–Kier alpha value is -0.260. The second-order valence-electron chi connectivity index (χ2n) is 4.62. The first-order valence-corrected chi connectivity index (χ1v) is 6.98. The second kappa shape index (κ2) is 4.94. The van der Waals surface area contributed by atoms with Crippen LogP contribution < -0.4 is 0 Å². The first-order valence-electron chi connectivity index (χ1n) is 5.83. The summed E-state index contributed by atoms with van der Waals surface area (Å²) < 4.78 is 5.48. The molecule has 1 N–H and O–H groups in total. The van der Waals surface area contributed by atoms with Crippen molar-refractivity contribution in [1.29, 1.82) is 0 Å². The van der Waals surface area contributed by atoms with Crippen LogP contribution in [-0.4, -0.2) is 58.8 Å². The van der Waals surface area contributed by atoms with Crippen molar-refractivity contribution in [3.05, 3.63) is 0 Å². The molecule has 0 saturated carbocycles. The molecular weight excluding hydrogens is 226 g/mol. The molecule has 2 aliphatic heterocycles. The van der Waals surface area contributed by atoms with Crippen molar-refractivity contribution in [3.8, 4) is 0 Å². The summed E-state index contributed by atoms with van der Waals surface area (Å²) in [5.74, 6) is 1.15. The lowest BCUT2D eigenvalue weighted by Gasteiger charge is -2.45. The molecule has 0 aromatic rings. The molecule has 2 rings (SSSR count). The van der Waals surface area contributed by atoms with Crippen molar-refractivity contribution in [1.82, 2.24) is 4.90 Å².